The first-order valence-electron chi connectivity index (χ1n) is 6.54. The molecule has 0 unspecified atom stereocenters. The van der Waals surface area contributed by atoms with Gasteiger partial charge in [-0.15, -0.1) is 11.3 Å². The van der Waals surface area contributed by atoms with Crippen LogP contribution < -0.4 is 10.0 Å². The second-order valence-corrected chi connectivity index (χ2v) is 7.45. The summed E-state index contributed by atoms with van der Waals surface area (Å²) in [6, 6.07) is 7.06. The molecule has 1 aromatic heterocycles. The van der Waals surface area contributed by atoms with Gasteiger partial charge in [0.25, 0.3) is 15.9 Å². The molecule has 1 aromatic carbocycles. The third kappa shape index (κ3) is 3.58. The Kier molecular flexibility index (Phi) is 4.72. The van der Waals surface area contributed by atoms with Crippen molar-refractivity contribution in [3.8, 4) is 5.75 Å². The molecule has 0 saturated heterocycles. The summed E-state index contributed by atoms with van der Waals surface area (Å²) >= 11 is 1.13. The molecule has 0 atom stereocenters. The molecule has 1 amide bonds. The monoisotopic (exact) mass is 340 g/mol. The van der Waals surface area contributed by atoms with Crippen molar-refractivity contribution in [2.75, 3.05) is 11.3 Å². The van der Waals surface area contributed by atoms with Gasteiger partial charge in [-0.2, -0.15) is 0 Å². The molecular formula is C14H16N2O4S2. The number of aryl methyl sites for hydroxylation is 1. The predicted molar refractivity (Wildman–Crippen MR) is 86.0 cm³/mol. The summed E-state index contributed by atoms with van der Waals surface area (Å²) < 4.78 is 27.2. The molecule has 0 aliphatic rings. The Balaban J connectivity index is 2.29. The van der Waals surface area contributed by atoms with Crippen LogP contribution in [-0.2, 0) is 10.0 Å². The molecule has 0 aliphatic carbocycles. The van der Waals surface area contributed by atoms with Crippen LogP contribution in [0.3, 0.4) is 0 Å². The van der Waals surface area contributed by atoms with Gasteiger partial charge in [-0.05, 0) is 44.2 Å². The number of aromatic hydroxyl groups is 1. The van der Waals surface area contributed by atoms with Gasteiger partial charge < -0.3 is 10.4 Å². The zero-order valence-corrected chi connectivity index (χ0v) is 13.7. The van der Waals surface area contributed by atoms with E-state index in [1.807, 2.05) is 0 Å². The van der Waals surface area contributed by atoms with Crippen molar-refractivity contribution < 1.29 is 18.3 Å². The number of thiophene rings is 1. The Morgan fingerprint density at radius 2 is 1.91 bits per heavy atom. The van der Waals surface area contributed by atoms with E-state index in [0.717, 1.165) is 11.3 Å². The van der Waals surface area contributed by atoms with E-state index < -0.39 is 10.0 Å². The minimum atomic E-state index is -3.79. The topological polar surface area (TPSA) is 95.5 Å². The molecule has 0 spiro atoms. The van der Waals surface area contributed by atoms with E-state index in [-0.39, 0.29) is 16.6 Å². The number of carbonyl (C=O) groups is 1. The molecule has 0 aliphatic heterocycles. The largest absolute Gasteiger partial charge is 0.508 e. The predicted octanol–water partition coefficient (Wildman–Crippen LogP) is 2.31. The lowest BCUT2D eigenvalue weighted by Gasteiger charge is -2.07. The van der Waals surface area contributed by atoms with Crippen LogP contribution in [0.4, 0.5) is 5.69 Å². The molecule has 3 N–H and O–H groups in total. The van der Waals surface area contributed by atoms with Crippen molar-refractivity contribution in [3.05, 3.63) is 40.1 Å². The number of rotatable bonds is 5. The van der Waals surface area contributed by atoms with E-state index in [0.29, 0.717) is 22.0 Å². The lowest BCUT2D eigenvalue weighted by atomic mass is 10.3. The fraction of sp³-hybridized carbons (Fsp3) is 0.214. The standard InChI is InChI=1S/C14H16N2O4S2/c1-3-15-14(18)12-8-13(9(2)21-12)22(19,20)16-10-4-6-11(17)7-5-10/h4-8,16-17H,3H2,1-2H3,(H,15,18). The van der Waals surface area contributed by atoms with Crippen LogP contribution in [0.5, 0.6) is 5.75 Å². The van der Waals surface area contributed by atoms with Gasteiger partial charge in [-0.25, -0.2) is 8.42 Å². The van der Waals surface area contributed by atoms with Crippen LogP contribution in [0.2, 0.25) is 0 Å². The van der Waals surface area contributed by atoms with Gasteiger partial charge in [0.1, 0.15) is 10.6 Å². The zero-order valence-electron chi connectivity index (χ0n) is 12.1. The molecule has 6 nitrogen and oxygen atoms in total. The Hall–Kier alpha value is -2.06. The van der Waals surface area contributed by atoms with Gasteiger partial charge >= 0.3 is 0 Å². The molecule has 1 heterocycles. The first-order chi connectivity index (χ1) is 10.3. The lowest BCUT2D eigenvalue weighted by molar-refractivity contribution is 0.0959. The Labute approximate surface area is 132 Å². The van der Waals surface area contributed by atoms with E-state index in [9.17, 15) is 18.3 Å². The molecule has 0 fully saturated rings. The molecule has 0 radical (unpaired) electrons. The number of phenols is 1. The number of nitrogens with one attached hydrogen (secondary N) is 2. The van der Waals surface area contributed by atoms with Gasteiger partial charge in [0.05, 0.1) is 4.88 Å². The molecular weight excluding hydrogens is 324 g/mol. The molecule has 2 rings (SSSR count). The van der Waals surface area contributed by atoms with Crippen molar-refractivity contribution in [3.63, 3.8) is 0 Å². The maximum absolute atomic E-state index is 12.4. The normalized spacial score (nSPS) is 11.2. The number of sulfonamides is 1. The van der Waals surface area contributed by atoms with Gasteiger partial charge in [-0.3, -0.25) is 9.52 Å². The molecule has 8 heteroatoms. The zero-order chi connectivity index (χ0) is 16.3. The van der Waals surface area contributed by atoms with Crippen molar-refractivity contribution in [1.82, 2.24) is 5.32 Å². The summed E-state index contributed by atoms with van der Waals surface area (Å²) in [6.07, 6.45) is 0. The fourth-order valence-corrected chi connectivity index (χ4v) is 4.40. The van der Waals surface area contributed by atoms with Gasteiger partial charge in [-0.1, -0.05) is 0 Å². The van der Waals surface area contributed by atoms with E-state index >= 15 is 0 Å². The first kappa shape index (κ1) is 16.3. The number of hydrogen-bond donors (Lipinski definition) is 3. The molecule has 2 aromatic rings. The van der Waals surface area contributed by atoms with Gasteiger partial charge in [0.2, 0.25) is 0 Å². The summed E-state index contributed by atoms with van der Waals surface area (Å²) in [4.78, 5) is 12.8. The second kappa shape index (κ2) is 6.37. The van der Waals surface area contributed by atoms with Gasteiger partial charge in [0.15, 0.2) is 0 Å². The second-order valence-electron chi connectivity index (χ2n) is 4.54. The molecule has 0 saturated carbocycles. The molecule has 22 heavy (non-hydrogen) atoms. The summed E-state index contributed by atoms with van der Waals surface area (Å²) in [6.45, 7) is 3.92. The Bertz CT molecular complexity index is 780. The van der Waals surface area contributed by atoms with Crippen LogP contribution in [0.25, 0.3) is 0 Å². The number of anilines is 1. The minimum absolute atomic E-state index is 0.0492. The third-order valence-electron chi connectivity index (χ3n) is 2.84. The highest BCUT2D eigenvalue weighted by molar-refractivity contribution is 7.93. The van der Waals surface area contributed by atoms with Gasteiger partial charge in [0, 0.05) is 17.1 Å². The minimum Gasteiger partial charge on any atom is -0.508 e. The maximum Gasteiger partial charge on any atom is 0.263 e. The molecule has 0 bridgehead atoms. The van der Waals surface area contributed by atoms with Crippen molar-refractivity contribution in [1.29, 1.82) is 0 Å². The summed E-state index contributed by atoms with van der Waals surface area (Å²) in [7, 11) is -3.79. The van der Waals surface area contributed by atoms with E-state index in [1.165, 1.54) is 30.3 Å². The number of amides is 1. The average Bonchev–Trinajstić information content (AvgIpc) is 2.84. The quantitative estimate of drug-likeness (QED) is 0.728. The Morgan fingerprint density at radius 1 is 1.27 bits per heavy atom. The number of phenolic OH excluding ortho intramolecular Hbond substituents is 1. The van der Waals surface area contributed by atoms with Crippen molar-refractivity contribution in [2.45, 2.75) is 18.7 Å². The van der Waals surface area contributed by atoms with Crippen LogP contribution >= 0.6 is 11.3 Å². The first-order valence-corrected chi connectivity index (χ1v) is 8.84. The smallest absolute Gasteiger partial charge is 0.263 e. The summed E-state index contributed by atoms with van der Waals surface area (Å²) in [5, 5.41) is 11.8. The summed E-state index contributed by atoms with van der Waals surface area (Å²) in [5.41, 5.74) is 0.336. The van der Waals surface area contributed by atoms with Crippen LogP contribution in [-0.4, -0.2) is 26.0 Å². The SMILES string of the molecule is CCNC(=O)c1cc(S(=O)(=O)Nc2ccc(O)cc2)c(C)s1. The maximum atomic E-state index is 12.4. The molecule has 118 valence electrons. The number of benzene rings is 1. The Morgan fingerprint density at radius 3 is 2.50 bits per heavy atom. The number of hydrogen-bond acceptors (Lipinski definition) is 5. The highest BCUT2D eigenvalue weighted by Crippen LogP contribution is 2.27. The number of carbonyl (C=O) groups excluding carboxylic acids is 1. The van der Waals surface area contributed by atoms with E-state index in [2.05, 4.69) is 10.0 Å². The highest BCUT2D eigenvalue weighted by Gasteiger charge is 2.22. The van der Waals surface area contributed by atoms with E-state index in [1.54, 1.807) is 13.8 Å². The lowest BCUT2D eigenvalue weighted by Crippen LogP contribution is -2.21. The van der Waals surface area contributed by atoms with Crippen molar-refractivity contribution in [2.24, 2.45) is 0 Å². The average molecular weight is 340 g/mol. The third-order valence-corrected chi connectivity index (χ3v) is 5.53. The van der Waals surface area contributed by atoms with Crippen LogP contribution in [0.1, 0.15) is 21.5 Å². The van der Waals surface area contributed by atoms with Crippen LogP contribution in [0.15, 0.2) is 35.2 Å². The highest BCUT2D eigenvalue weighted by atomic mass is 32.2. The fourth-order valence-electron chi connectivity index (χ4n) is 1.83. The van der Waals surface area contributed by atoms with Crippen molar-refractivity contribution >= 4 is 33.0 Å². The summed E-state index contributed by atoms with van der Waals surface area (Å²) in [5.74, 6) is -0.241. The van der Waals surface area contributed by atoms with Crippen LogP contribution in [0, 0.1) is 6.92 Å². The van der Waals surface area contributed by atoms with E-state index in [4.69, 9.17) is 0 Å².